The van der Waals surface area contributed by atoms with Crippen LogP contribution in [0, 0.1) is 0 Å². The molecule has 1 fully saturated rings. The van der Waals surface area contributed by atoms with E-state index >= 15 is 0 Å². The summed E-state index contributed by atoms with van der Waals surface area (Å²) in [6, 6.07) is 25.2. The van der Waals surface area contributed by atoms with Crippen molar-refractivity contribution in [1.82, 2.24) is 10.4 Å². The van der Waals surface area contributed by atoms with Crippen LogP contribution in [-0.4, -0.2) is 21.1 Å². The highest BCUT2D eigenvalue weighted by atomic mass is 32.2. The van der Waals surface area contributed by atoms with Crippen LogP contribution in [0.25, 0.3) is 16.8 Å². The van der Waals surface area contributed by atoms with Crippen LogP contribution in [0.5, 0.6) is 5.75 Å². The summed E-state index contributed by atoms with van der Waals surface area (Å²) in [6.07, 6.45) is 1.79. The summed E-state index contributed by atoms with van der Waals surface area (Å²) >= 11 is 7.83. The highest BCUT2D eigenvalue weighted by Gasteiger charge is 2.34. The fourth-order valence-corrected chi connectivity index (χ4v) is 5.32. The molecule has 3 aromatic carbocycles. The first-order valence-electron chi connectivity index (χ1n) is 10.4. The number of hydrazine groups is 1. The van der Waals surface area contributed by atoms with Gasteiger partial charge < -0.3 is 4.74 Å². The van der Waals surface area contributed by atoms with E-state index in [-0.39, 0.29) is 16.1 Å². The summed E-state index contributed by atoms with van der Waals surface area (Å²) in [4.78, 5) is 26.5. The number of ether oxygens (including phenoxy) is 1. The summed E-state index contributed by atoms with van der Waals surface area (Å²) in [6.45, 7) is 0.401. The van der Waals surface area contributed by atoms with Gasteiger partial charge in [-0.25, -0.2) is 0 Å². The maximum Gasteiger partial charge on any atom is 0.285 e. The maximum atomic E-state index is 13.1. The summed E-state index contributed by atoms with van der Waals surface area (Å²) < 4.78 is 6.44. The number of hydrogen-bond acceptors (Lipinski definition) is 6. The first kappa shape index (κ1) is 22.3. The Labute approximate surface area is 210 Å². The SMILES string of the molecule is O=C(NN1C(=O)/C(=C\c2c(OCc3ccccc3)ccc3ccccc23)SC1=S)c1cccs1. The lowest BCUT2D eigenvalue weighted by Crippen LogP contribution is -2.44. The van der Waals surface area contributed by atoms with E-state index in [0.29, 0.717) is 22.1 Å². The van der Waals surface area contributed by atoms with Gasteiger partial charge in [-0.2, -0.15) is 5.01 Å². The number of hydrogen-bond donors (Lipinski definition) is 1. The number of amides is 2. The number of thioether (sulfide) groups is 1. The van der Waals surface area contributed by atoms with Gasteiger partial charge in [0.1, 0.15) is 12.4 Å². The first-order chi connectivity index (χ1) is 16.6. The maximum absolute atomic E-state index is 13.1. The Hall–Kier alpha value is -3.46. The summed E-state index contributed by atoms with van der Waals surface area (Å²) in [5.74, 6) is -0.0816. The van der Waals surface area contributed by atoms with Crippen LogP contribution in [0.3, 0.4) is 0 Å². The molecule has 4 aromatic rings. The van der Waals surface area contributed by atoms with Gasteiger partial charge in [-0.1, -0.05) is 78.5 Å². The van der Waals surface area contributed by atoms with E-state index in [4.69, 9.17) is 17.0 Å². The Balaban J connectivity index is 1.46. The van der Waals surface area contributed by atoms with Crippen LogP contribution in [0.4, 0.5) is 0 Å². The fraction of sp³-hybridized carbons (Fsp3) is 0.0385. The minimum absolute atomic E-state index is 0.271. The second kappa shape index (κ2) is 9.80. The number of nitrogens with zero attached hydrogens (tertiary/aromatic N) is 1. The van der Waals surface area contributed by atoms with Crippen molar-refractivity contribution in [2.45, 2.75) is 6.61 Å². The predicted octanol–water partition coefficient (Wildman–Crippen LogP) is 6.03. The molecule has 0 bridgehead atoms. The molecule has 8 heteroatoms. The number of thiocarbonyl (C=S) groups is 1. The molecule has 1 aliphatic rings. The molecule has 34 heavy (non-hydrogen) atoms. The molecular weight excluding hydrogens is 484 g/mol. The zero-order valence-corrected chi connectivity index (χ0v) is 20.2. The smallest absolute Gasteiger partial charge is 0.285 e. The largest absolute Gasteiger partial charge is 0.488 e. The summed E-state index contributed by atoms with van der Waals surface area (Å²) in [7, 11) is 0. The van der Waals surface area contributed by atoms with Crippen LogP contribution < -0.4 is 10.2 Å². The number of nitrogens with one attached hydrogen (secondary N) is 1. The van der Waals surface area contributed by atoms with Crippen LogP contribution >= 0.6 is 35.3 Å². The van der Waals surface area contributed by atoms with Crippen molar-refractivity contribution in [3.8, 4) is 5.75 Å². The van der Waals surface area contributed by atoms with E-state index in [1.807, 2.05) is 66.7 Å². The topological polar surface area (TPSA) is 58.6 Å². The lowest BCUT2D eigenvalue weighted by Gasteiger charge is -2.15. The Morgan fingerprint density at radius 3 is 2.59 bits per heavy atom. The van der Waals surface area contributed by atoms with E-state index < -0.39 is 0 Å². The Bertz CT molecular complexity index is 1420. The quantitative estimate of drug-likeness (QED) is 0.258. The molecule has 1 saturated heterocycles. The number of fused-ring (bicyclic) bond motifs is 1. The number of carbonyl (C=O) groups excluding carboxylic acids is 2. The zero-order valence-electron chi connectivity index (χ0n) is 17.8. The van der Waals surface area contributed by atoms with E-state index in [0.717, 1.165) is 38.7 Å². The van der Waals surface area contributed by atoms with E-state index in [1.165, 1.54) is 11.3 Å². The lowest BCUT2D eigenvalue weighted by atomic mass is 10.0. The minimum Gasteiger partial charge on any atom is -0.488 e. The summed E-state index contributed by atoms with van der Waals surface area (Å²) in [5, 5.41) is 4.92. The number of thiophene rings is 1. The van der Waals surface area contributed by atoms with Gasteiger partial charge in [0.15, 0.2) is 4.32 Å². The molecular formula is C26H18N2O3S3. The van der Waals surface area contributed by atoms with E-state index in [2.05, 4.69) is 5.43 Å². The van der Waals surface area contributed by atoms with Crippen LogP contribution in [0.15, 0.2) is 89.1 Å². The molecule has 0 radical (unpaired) electrons. The Morgan fingerprint density at radius 2 is 1.79 bits per heavy atom. The van der Waals surface area contributed by atoms with Gasteiger partial charge in [-0.3, -0.25) is 15.0 Å². The molecule has 0 spiro atoms. The fourth-order valence-electron chi connectivity index (χ4n) is 3.55. The molecule has 168 valence electrons. The highest BCUT2D eigenvalue weighted by Crippen LogP contribution is 2.36. The molecule has 5 rings (SSSR count). The first-order valence-corrected chi connectivity index (χ1v) is 12.5. The normalized spacial score (nSPS) is 14.7. The lowest BCUT2D eigenvalue weighted by molar-refractivity contribution is -0.123. The van der Waals surface area contributed by atoms with Gasteiger partial charge in [-0.15, -0.1) is 11.3 Å². The van der Waals surface area contributed by atoms with Gasteiger partial charge >= 0.3 is 0 Å². The van der Waals surface area contributed by atoms with Crippen molar-refractivity contribution >= 4 is 68.3 Å². The van der Waals surface area contributed by atoms with Crippen molar-refractivity contribution in [2.24, 2.45) is 0 Å². The molecule has 2 amide bonds. The molecule has 0 unspecified atom stereocenters. The molecule has 5 nitrogen and oxygen atoms in total. The van der Waals surface area contributed by atoms with Gasteiger partial charge in [0.2, 0.25) is 0 Å². The average molecular weight is 503 g/mol. The van der Waals surface area contributed by atoms with Gasteiger partial charge in [-0.05, 0) is 52.1 Å². The monoisotopic (exact) mass is 502 g/mol. The van der Waals surface area contributed by atoms with Crippen molar-refractivity contribution in [3.05, 3.63) is 105 Å². The summed E-state index contributed by atoms with van der Waals surface area (Å²) in [5.41, 5.74) is 4.45. The molecule has 1 aromatic heterocycles. The minimum atomic E-state index is -0.373. The van der Waals surface area contributed by atoms with Crippen LogP contribution in [0.2, 0.25) is 0 Å². The number of rotatable bonds is 6. The van der Waals surface area contributed by atoms with Crippen molar-refractivity contribution < 1.29 is 14.3 Å². The van der Waals surface area contributed by atoms with Gasteiger partial charge in [0, 0.05) is 5.56 Å². The Morgan fingerprint density at radius 1 is 1.00 bits per heavy atom. The average Bonchev–Trinajstić information content (AvgIpc) is 3.49. The number of carbonyl (C=O) groups is 2. The molecule has 2 heterocycles. The van der Waals surface area contributed by atoms with Gasteiger partial charge in [0.25, 0.3) is 11.8 Å². The predicted molar refractivity (Wildman–Crippen MR) is 142 cm³/mol. The van der Waals surface area contributed by atoms with Crippen LogP contribution in [0.1, 0.15) is 20.8 Å². The van der Waals surface area contributed by atoms with Crippen LogP contribution in [-0.2, 0) is 11.4 Å². The standard InChI is InChI=1S/C26H18N2O3S3/c29-24(22-11-6-14-33-22)27-28-25(30)23(34-26(28)32)15-20-19-10-5-4-9-18(19)12-13-21(20)31-16-17-7-2-1-3-8-17/h1-15H,16H2,(H,27,29)/b23-15+. The third-order valence-electron chi connectivity index (χ3n) is 5.20. The second-order valence-electron chi connectivity index (χ2n) is 7.41. The second-order valence-corrected chi connectivity index (χ2v) is 10.0. The molecule has 0 atom stereocenters. The molecule has 1 aliphatic heterocycles. The van der Waals surface area contributed by atoms with Crippen molar-refractivity contribution in [1.29, 1.82) is 0 Å². The molecule has 0 saturated carbocycles. The molecule has 0 aliphatic carbocycles. The number of benzene rings is 3. The zero-order chi connectivity index (χ0) is 23.5. The van der Waals surface area contributed by atoms with E-state index in [9.17, 15) is 9.59 Å². The van der Waals surface area contributed by atoms with Crippen molar-refractivity contribution in [2.75, 3.05) is 0 Å². The highest BCUT2D eigenvalue weighted by molar-refractivity contribution is 8.26. The van der Waals surface area contributed by atoms with E-state index in [1.54, 1.807) is 23.6 Å². The third kappa shape index (κ3) is 4.61. The molecule has 1 N–H and O–H groups in total. The van der Waals surface area contributed by atoms with Crippen molar-refractivity contribution in [3.63, 3.8) is 0 Å². The third-order valence-corrected chi connectivity index (χ3v) is 7.37. The Kier molecular flexibility index (Phi) is 6.44. The van der Waals surface area contributed by atoms with Gasteiger partial charge in [0.05, 0.1) is 9.78 Å².